The second-order valence-electron chi connectivity index (χ2n) is 6.93. The molecule has 4 aromatic rings. The van der Waals surface area contributed by atoms with Gasteiger partial charge >= 0.3 is 0 Å². The maximum Gasteiger partial charge on any atom is 0.272 e. The fourth-order valence-electron chi connectivity index (χ4n) is 3.12. The van der Waals surface area contributed by atoms with Gasteiger partial charge in [0.15, 0.2) is 5.16 Å². The van der Waals surface area contributed by atoms with Crippen LogP contribution in [0.3, 0.4) is 0 Å². The first-order valence-electron chi connectivity index (χ1n) is 9.54. The highest BCUT2D eigenvalue weighted by molar-refractivity contribution is 7.99. The van der Waals surface area contributed by atoms with Crippen molar-refractivity contribution in [1.29, 1.82) is 0 Å². The Morgan fingerprint density at radius 1 is 1.03 bits per heavy atom. The number of rotatable bonds is 7. The zero-order valence-corrected chi connectivity index (χ0v) is 18.2. The van der Waals surface area contributed by atoms with E-state index in [-0.39, 0.29) is 17.2 Å². The maximum atomic E-state index is 13.1. The number of aromatic nitrogens is 2. The zero-order valence-electron chi connectivity index (χ0n) is 16.5. The monoisotopic (exact) mass is 435 g/mol. The number of thioether (sulfide) groups is 1. The van der Waals surface area contributed by atoms with Crippen LogP contribution in [-0.4, -0.2) is 33.2 Å². The highest BCUT2D eigenvalue weighted by atomic mass is 32.2. The predicted molar refractivity (Wildman–Crippen MR) is 123 cm³/mol. The van der Waals surface area contributed by atoms with Gasteiger partial charge in [-0.25, -0.2) is 4.98 Å². The number of benzene rings is 2. The molecule has 0 saturated heterocycles. The third kappa shape index (κ3) is 4.63. The minimum Gasteiger partial charge on any atom is -0.341 e. The molecular formula is C23H21N3O2S2. The summed E-state index contributed by atoms with van der Waals surface area (Å²) in [6.45, 7) is 0.977. The van der Waals surface area contributed by atoms with Crippen molar-refractivity contribution in [2.45, 2.75) is 18.2 Å². The van der Waals surface area contributed by atoms with Crippen LogP contribution in [0.1, 0.15) is 11.1 Å². The summed E-state index contributed by atoms with van der Waals surface area (Å²) in [4.78, 5) is 32.1. The van der Waals surface area contributed by atoms with E-state index < -0.39 is 0 Å². The maximum absolute atomic E-state index is 13.1. The van der Waals surface area contributed by atoms with Crippen LogP contribution in [0, 0.1) is 0 Å². The van der Waals surface area contributed by atoms with Gasteiger partial charge in [0.1, 0.15) is 4.70 Å². The number of fused-ring (bicyclic) bond motifs is 1. The van der Waals surface area contributed by atoms with Gasteiger partial charge in [-0.3, -0.25) is 14.2 Å². The lowest BCUT2D eigenvalue weighted by Crippen LogP contribution is -2.29. The standard InChI is InChI=1S/C23H21N3O2S2/c1-25(14-17-8-4-2-5-9-17)20(27)16-30-23-24-19-12-13-29-21(19)22(28)26(23)15-18-10-6-3-7-11-18/h2-13H,14-16H2,1H3. The van der Waals surface area contributed by atoms with Gasteiger partial charge in [0.05, 0.1) is 17.8 Å². The Morgan fingerprint density at radius 2 is 1.70 bits per heavy atom. The smallest absolute Gasteiger partial charge is 0.272 e. The van der Waals surface area contributed by atoms with Crippen molar-refractivity contribution in [3.63, 3.8) is 0 Å². The summed E-state index contributed by atoms with van der Waals surface area (Å²) in [5.41, 5.74) is 2.72. The van der Waals surface area contributed by atoms with Crippen LogP contribution in [0.25, 0.3) is 10.2 Å². The first-order valence-corrected chi connectivity index (χ1v) is 11.4. The summed E-state index contributed by atoms with van der Waals surface area (Å²) in [6, 6.07) is 21.6. The summed E-state index contributed by atoms with van der Waals surface area (Å²) >= 11 is 2.71. The van der Waals surface area contributed by atoms with Gasteiger partial charge in [0.25, 0.3) is 5.56 Å². The lowest BCUT2D eigenvalue weighted by atomic mass is 10.2. The molecular weight excluding hydrogens is 414 g/mol. The van der Waals surface area contributed by atoms with Gasteiger partial charge in [0, 0.05) is 13.6 Å². The van der Waals surface area contributed by atoms with Gasteiger partial charge in [-0.05, 0) is 22.6 Å². The van der Waals surface area contributed by atoms with Crippen LogP contribution < -0.4 is 5.56 Å². The van der Waals surface area contributed by atoms with Crippen molar-refractivity contribution in [1.82, 2.24) is 14.5 Å². The van der Waals surface area contributed by atoms with E-state index in [1.807, 2.05) is 72.1 Å². The minimum absolute atomic E-state index is 0.00483. The van der Waals surface area contributed by atoms with Crippen LogP contribution in [0.5, 0.6) is 0 Å². The molecule has 2 aromatic heterocycles. The van der Waals surface area contributed by atoms with Gasteiger partial charge in [-0.1, -0.05) is 72.4 Å². The molecule has 0 aliphatic carbocycles. The first kappa shape index (κ1) is 20.4. The number of hydrogen-bond donors (Lipinski definition) is 0. The number of carbonyl (C=O) groups is 1. The lowest BCUT2D eigenvalue weighted by molar-refractivity contribution is -0.127. The Kier molecular flexibility index (Phi) is 6.30. The Bertz CT molecular complexity index is 1200. The molecule has 7 heteroatoms. The second-order valence-corrected chi connectivity index (χ2v) is 8.79. The largest absolute Gasteiger partial charge is 0.341 e. The van der Waals surface area contributed by atoms with Crippen LogP contribution in [0.4, 0.5) is 0 Å². The van der Waals surface area contributed by atoms with Crippen LogP contribution in [-0.2, 0) is 17.9 Å². The second kappa shape index (κ2) is 9.28. The fraction of sp³-hybridized carbons (Fsp3) is 0.174. The summed E-state index contributed by atoms with van der Waals surface area (Å²) < 4.78 is 2.31. The van der Waals surface area contributed by atoms with Gasteiger partial charge < -0.3 is 4.90 Å². The molecule has 0 aliphatic heterocycles. The van der Waals surface area contributed by atoms with E-state index in [1.54, 1.807) is 16.5 Å². The number of hydrogen-bond acceptors (Lipinski definition) is 5. The normalized spacial score (nSPS) is 11.0. The van der Waals surface area contributed by atoms with Crippen LogP contribution in [0.15, 0.2) is 82.1 Å². The molecule has 1 amide bonds. The topological polar surface area (TPSA) is 55.2 Å². The van der Waals surface area contributed by atoms with E-state index >= 15 is 0 Å². The molecule has 0 radical (unpaired) electrons. The molecule has 0 atom stereocenters. The molecule has 0 N–H and O–H groups in total. The van der Waals surface area contributed by atoms with Gasteiger partial charge in [0.2, 0.25) is 5.91 Å². The first-order chi connectivity index (χ1) is 14.6. The average molecular weight is 436 g/mol. The molecule has 152 valence electrons. The Labute approximate surface area is 183 Å². The number of carbonyl (C=O) groups excluding carboxylic acids is 1. The van der Waals surface area contributed by atoms with Gasteiger partial charge in [-0.2, -0.15) is 0 Å². The van der Waals surface area contributed by atoms with E-state index in [1.165, 1.54) is 23.1 Å². The van der Waals surface area contributed by atoms with E-state index in [9.17, 15) is 9.59 Å². The number of nitrogens with zero attached hydrogens (tertiary/aromatic N) is 3. The summed E-state index contributed by atoms with van der Waals surface area (Å²) in [6.07, 6.45) is 0. The summed E-state index contributed by atoms with van der Waals surface area (Å²) in [7, 11) is 1.79. The molecule has 0 unspecified atom stereocenters. The highest BCUT2D eigenvalue weighted by Gasteiger charge is 2.16. The Balaban J connectivity index is 1.54. The third-order valence-corrected chi connectivity index (χ3v) is 6.58. The molecule has 0 aliphatic rings. The van der Waals surface area contributed by atoms with Crippen molar-refractivity contribution in [3.8, 4) is 0 Å². The molecule has 0 bridgehead atoms. The molecule has 2 heterocycles. The molecule has 30 heavy (non-hydrogen) atoms. The molecule has 2 aromatic carbocycles. The molecule has 5 nitrogen and oxygen atoms in total. The van der Waals surface area contributed by atoms with E-state index in [0.717, 1.165) is 11.1 Å². The quantitative estimate of drug-likeness (QED) is 0.322. The van der Waals surface area contributed by atoms with Crippen molar-refractivity contribution >= 4 is 39.2 Å². The van der Waals surface area contributed by atoms with E-state index in [4.69, 9.17) is 0 Å². The predicted octanol–water partition coefficient (Wildman–Crippen LogP) is 4.26. The Hall–Kier alpha value is -2.90. The molecule has 0 fully saturated rings. The summed E-state index contributed by atoms with van der Waals surface area (Å²) in [5, 5.41) is 2.44. The van der Waals surface area contributed by atoms with Crippen molar-refractivity contribution in [3.05, 3.63) is 93.6 Å². The number of amides is 1. The van der Waals surface area contributed by atoms with Crippen molar-refractivity contribution in [2.24, 2.45) is 0 Å². The fourth-order valence-corrected chi connectivity index (χ4v) is 4.84. The van der Waals surface area contributed by atoms with Crippen LogP contribution in [0.2, 0.25) is 0 Å². The van der Waals surface area contributed by atoms with Gasteiger partial charge in [-0.15, -0.1) is 11.3 Å². The SMILES string of the molecule is CN(Cc1ccccc1)C(=O)CSc1nc2ccsc2c(=O)n1Cc1ccccc1. The minimum atomic E-state index is -0.0635. The molecule has 0 saturated carbocycles. The zero-order chi connectivity index (χ0) is 20.9. The third-order valence-electron chi connectivity index (χ3n) is 4.73. The van der Waals surface area contributed by atoms with Crippen molar-refractivity contribution < 1.29 is 4.79 Å². The van der Waals surface area contributed by atoms with Crippen molar-refractivity contribution in [2.75, 3.05) is 12.8 Å². The van der Waals surface area contributed by atoms with E-state index in [2.05, 4.69) is 4.98 Å². The van der Waals surface area contributed by atoms with E-state index in [0.29, 0.717) is 28.5 Å². The van der Waals surface area contributed by atoms with Crippen LogP contribution >= 0.6 is 23.1 Å². The molecule has 0 spiro atoms. The summed E-state index contributed by atoms with van der Waals surface area (Å²) in [5.74, 6) is 0.218. The molecule has 4 rings (SSSR count). The Morgan fingerprint density at radius 3 is 2.40 bits per heavy atom. The highest BCUT2D eigenvalue weighted by Crippen LogP contribution is 2.22. The lowest BCUT2D eigenvalue weighted by Gasteiger charge is -2.18. The number of thiophene rings is 1. The average Bonchev–Trinajstić information content (AvgIpc) is 3.24.